The Morgan fingerprint density at radius 1 is 1.07 bits per heavy atom. The lowest BCUT2D eigenvalue weighted by Crippen LogP contribution is -2.52. The zero-order chi connectivity index (χ0) is 10.6. The van der Waals surface area contributed by atoms with Crippen LogP contribution in [0.5, 0.6) is 0 Å². The van der Waals surface area contributed by atoms with Crippen molar-refractivity contribution in [2.75, 3.05) is 0 Å². The maximum Gasteiger partial charge on any atom is 0.0656 e. The molecule has 0 aromatic heterocycles. The molecule has 14 heavy (non-hydrogen) atoms. The minimum atomic E-state index is -0.322. The highest BCUT2D eigenvalue weighted by atomic mass is 16.3. The Morgan fingerprint density at radius 3 is 2.36 bits per heavy atom. The second-order valence-electron chi connectivity index (χ2n) is 6.60. The first-order valence-corrected chi connectivity index (χ1v) is 6.06. The van der Waals surface area contributed by atoms with Crippen molar-refractivity contribution < 1.29 is 5.11 Å². The van der Waals surface area contributed by atoms with E-state index in [2.05, 4.69) is 27.7 Å². The van der Waals surface area contributed by atoms with Crippen LogP contribution >= 0.6 is 0 Å². The van der Waals surface area contributed by atoms with Gasteiger partial charge in [0.25, 0.3) is 0 Å². The second-order valence-corrected chi connectivity index (χ2v) is 6.60. The van der Waals surface area contributed by atoms with Gasteiger partial charge in [0.15, 0.2) is 0 Å². The summed E-state index contributed by atoms with van der Waals surface area (Å²) in [5, 5.41) is 10.5. The first-order chi connectivity index (χ1) is 6.33. The summed E-state index contributed by atoms with van der Waals surface area (Å²) in [6, 6.07) is 0. The molecular weight excluding hydrogens is 172 g/mol. The highest BCUT2D eigenvalue weighted by molar-refractivity contribution is 5.01. The third-order valence-electron chi connectivity index (χ3n) is 5.05. The van der Waals surface area contributed by atoms with E-state index in [-0.39, 0.29) is 5.60 Å². The van der Waals surface area contributed by atoms with Crippen LogP contribution in [-0.2, 0) is 0 Å². The number of hydrogen-bond acceptors (Lipinski definition) is 1. The number of fused-ring (bicyclic) bond motifs is 2. The van der Waals surface area contributed by atoms with Crippen LogP contribution in [-0.4, -0.2) is 10.7 Å². The molecule has 2 saturated carbocycles. The summed E-state index contributed by atoms with van der Waals surface area (Å²) in [4.78, 5) is 0. The lowest BCUT2D eigenvalue weighted by Gasteiger charge is -2.55. The summed E-state index contributed by atoms with van der Waals surface area (Å²) in [5.74, 6) is 2.12. The molecule has 4 unspecified atom stereocenters. The number of aliphatic hydroxyl groups is 1. The lowest BCUT2D eigenvalue weighted by molar-refractivity contribution is -0.131. The van der Waals surface area contributed by atoms with Crippen LogP contribution in [0.1, 0.15) is 53.4 Å². The van der Waals surface area contributed by atoms with Gasteiger partial charge in [0.1, 0.15) is 0 Å². The predicted molar refractivity (Wildman–Crippen MR) is 59.0 cm³/mol. The largest absolute Gasteiger partial charge is 0.390 e. The topological polar surface area (TPSA) is 20.2 Å². The molecule has 1 nitrogen and oxygen atoms in total. The monoisotopic (exact) mass is 196 g/mol. The van der Waals surface area contributed by atoms with Crippen LogP contribution in [0.2, 0.25) is 0 Å². The normalized spacial score (nSPS) is 51.6. The number of hydrogen-bond donors (Lipinski definition) is 1. The van der Waals surface area contributed by atoms with E-state index in [4.69, 9.17) is 0 Å². The molecular formula is C13H24O. The van der Waals surface area contributed by atoms with Crippen LogP contribution in [0.15, 0.2) is 0 Å². The van der Waals surface area contributed by atoms with Crippen molar-refractivity contribution in [3.05, 3.63) is 0 Å². The second kappa shape index (κ2) is 2.98. The van der Waals surface area contributed by atoms with Crippen molar-refractivity contribution in [2.45, 2.75) is 59.0 Å². The van der Waals surface area contributed by atoms with Gasteiger partial charge < -0.3 is 5.11 Å². The maximum atomic E-state index is 10.5. The summed E-state index contributed by atoms with van der Waals surface area (Å²) in [6.07, 6.45) is 4.42. The summed E-state index contributed by atoms with van der Waals surface area (Å²) in [5.41, 5.74) is 0.109. The lowest BCUT2D eigenvalue weighted by atomic mass is 9.52. The smallest absolute Gasteiger partial charge is 0.0656 e. The summed E-state index contributed by atoms with van der Waals surface area (Å²) in [6.45, 7) is 9.39. The van der Waals surface area contributed by atoms with E-state index >= 15 is 0 Å². The van der Waals surface area contributed by atoms with E-state index in [9.17, 15) is 5.11 Å². The minimum absolute atomic E-state index is 0.322. The molecule has 0 saturated heterocycles. The Balaban J connectivity index is 2.25. The molecule has 0 aromatic rings. The van der Waals surface area contributed by atoms with Crippen molar-refractivity contribution in [1.29, 1.82) is 0 Å². The Kier molecular flexibility index (Phi) is 2.23. The third kappa shape index (κ3) is 1.50. The summed E-state index contributed by atoms with van der Waals surface area (Å²) >= 11 is 0. The molecule has 0 aliphatic heterocycles. The molecule has 1 heteroatoms. The first kappa shape index (κ1) is 10.5. The van der Waals surface area contributed by atoms with Crippen molar-refractivity contribution in [1.82, 2.24) is 0 Å². The van der Waals surface area contributed by atoms with E-state index in [0.29, 0.717) is 17.3 Å². The molecule has 2 bridgehead atoms. The van der Waals surface area contributed by atoms with Gasteiger partial charge in [0, 0.05) is 0 Å². The average Bonchev–Trinajstić information content (AvgIpc) is 1.99. The molecule has 2 aliphatic rings. The zero-order valence-corrected chi connectivity index (χ0v) is 10.0. The molecule has 0 aromatic carbocycles. The Hall–Kier alpha value is -0.0400. The molecule has 2 rings (SSSR count). The summed E-state index contributed by atoms with van der Waals surface area (Å²) in [7, 11) is 0. The van der Waals surface area contributed by atoms with Crippen molar-refractivity contribution in [2.24, 2.45) is 23.2 Å². The Morgan fingerprint density at radius 2 is 1.71 bits per heavy atom. The zero-order valence-electron chi connectivity index (χ0n) is 10.0. The fourth-order valence-corrected chi connectivity index (χ4v) is 3.81. The van der Waals surface area contributed by atoms with Crippen LogP contribution in [0.4, 0.5) is 0 Å². The van der Waals surface area contributed by atoms with Gasteiger partial charge >= 0.3 is 0 Å². The molecule has 0 amide bonds. The van der Waals surface area contributed by atoms with Crippen molar-refractivity contribution in [3.63, 3.8) is 0 Å². The molecule has 82 valence electrons. The van der Waals surface area contributed by atoms with Gasteiger partial charge in [-0.05, 0) is 48.9 Å². The molecule has 2 fully saturated rings. The van der Waals surface area contributed by atoms with Crippen molar-refractivity contribution in [3.8, 4) is 0 Å². The minimum Gasteiger partial charge on any atom is -0.390 e. The van der Waals surface area contributed by atoms with Crippen LogP contribution in [0.3, 0.4) is 0 Å². The Bertz CT molecular complexity index is 229. The van der Waals surface area contributed by atoms with E-state index in [1.54, 1.807) is 0 Å². The van der Waals surface area contributed by atoms with E-state index in [1.807, 2.05) is 0 Å². The maximum absolute atomic E-state index is 10.5. The van der Waals surface area contributed by atoms with Gasteiger partial charge in [-0.3, -0.25) is 0 Å². The average molecular weight is 196 g/mol. The van der Waals surface area contributed by atoms with Gasteiger partial charge in [-0.2, -0.15) is 0 Å². The highest BCUT2D eigenvalue weighted by Gasteiger charge is 2.51. The van der Waals surface area contributed by atoms with Crippen LogP contribution < -0.4 is 0 Å². The molecule has 0 radical (unpaired) electrons. The van der Waals surface area contributed by atoms with Gasteiger partial charge in [0.2, 0.25) is 0 Å². The van der Waals surface area contributed by atoms with E-state index in [0.717, 1.165) is 25.2 Å². The first-order valence-electron chi connectivity index (χ1n) is 6.06. The molecule has 0 heterocycles. The van der Waals surface area contributed by atoms with Gasteiger partial charge in [-0.1, -0.05) is 27.7 Å². The quantitative estimate of drug-likeness (QED) is 0.630. The van der Waals surface area contributed by atoms with Crippen LogP contribution in [0, 0.1) is 23.2 Å². The molecule has 1 N–H and O–H groups in total. The van der Waals surface area contributed by atoms with Crippen LogP contribution in [0.25, 0.3) is 0 Å². The SMILES string of the molecule is CC1CC2CC(O)(C1)CC(C)C2(C)C. The Labute approximate surface area is 87.9 Å². The van der Waals surface area contributed by atoms with Gasteiger partial charge in [-0.25, -0.2) is 0 Å². The van der Waals surface area contributed by atoms with E-state index < -0.39 is 0 Å². The van der Waals surface area contributed by atoms with Gasteiger partial charge in [0.05, 0.1) is 5.60 Å². The summed E-state index contributed by atoms with van der Waals surface area (Å²) < 4.78 is 0. The molecule has 2 aliphatic carbocycles. The van der Waals surface area contributed by atoms with Crippen molar-refractivity contribution >= 4 is 0 Å². The number of rotatable bonds is 0. The fraction of sp³-hybridized carbons (Fsp3) is 1.00. The molecule has 4 atom stereocenters. The highest BCUT2D eigenvalue weighted by Crippen LogP contribution is 2.55. The fourth-order valence-electron chi connectivity index (χ4n) is 3.81. The van der Waals surface area contributed by atoms with E-state index in [1.165, 1.54) is 6.42 Å². The standard InChI is InChI=1S/C13H24O/c1-9-5-11-8-13(14,6-9)7-10(2)12(11,3)4/h9-11,14H,5-8H2,1-4H3. The predicted octanol–water partition coefficient (Wildman–Crippen LogP) is 3.22. The third-order valence-corrected chi connectivity index (χ3v) is 5.05. The molecule has 0 spiro atoms. The van der Waals surface area contributed by atoms with Gasteiger partial charge in [-0.15, -0.1) is 0 Å².